The molecule has 41 heavy (non-hydrogen) atoms. The van der Waals surface area contributed by atoms with Gasteiger partial charge in [0.25, 0.3) is 0 Å². The quantitative estimate of drug-likeness (QED) is 0.179. The summed E-state index contributed by atoms with van der Waals surface area (Å²) in [4.78, 5) is 35.9. The summed E-state index contributed by atoms with van der Waals surface area (Å²) in [7, 11) is 0. The van der Waals surface area contributed by atoms with Crippen molar-refractivity contribution in [1.29, 1.82) is 0 Å². The molecule has 1 fully saturated rings. The standard InChI is InChI=1S/C37H28N2O2/c1-22-18-19-30(23(2)20-22)38-21-37-28-15-7-5-13-26(28)32(27-14-6-8-16-29(27)37)33-34(37)36(41)39(35(33)40)31-17-9-11-24-10-3-4-12-25(24)31/h3-21,32-34H,1-2H3/t32?,33-,34+,37?/m0/s1. The second kappa shape index (κ2) is 8.58. The molecule has 1 saturated heterocycles. The van der Waals surface area contributed by atoms with Crippen LogP contribution in [0.3, 0.4) is 0 Å². The molecule has 0 spiro atoms. The van der Waals surface area contributed by atoms with Crippen LogP contribution in [0.1, 0.15) is 39.3 Å². The molecule has 5 aromatic rings. The first-order chi connectivity index (χ1) is 20.0. The van der Waals surface area contributed by atoms with Crippen LogP contribution in [0.15, 0.2) is 114 Å². The van der Waals surface area contributed by atoms with E-state index >= 15 is 0 Å². The van der Waals surface area contributed by atoms with Gasteiger partial charge in [-0.2, -0.15) is 0 Å². The van der Waals surface area contributed by atoms with Gasteiger partial charge in [-0.25, -0.2) is 4.90 Å². The molecule has 1 aliphatic heterocycles. The summed E-state index contributed by atoms with van der Waals surface area (Å²) in [6.07, 6.45) is 1.98. The average molecular weight is 533 g/mol. The second-order valence-corrected chi connectivity index (χ2v) is 11.6. The Labute approximate surface area is 239 Å². The number of fused-ring (bicyclic) bond motifs is 1. The summed E-state index contributed by atoms with van der Waals surface area (Å²) in [5.74, 6) is -1.59. The van der Waals surface area contributed by atoms with E-state index in [1.807, 2.05) is 79.0 Å². The molecule has 4 aliphatic rings. The molecule has 0 unspecified atom stereocenters. The fourth-order valence-corrected chi connectivity index (χ4v) is 7.81. The highest BCUT2D eigenvalue weighted by Crippen LogP contribution is 2.64. The van der Waals surface area contributed by atoms with Crippen molar-refractivity contribution in [3.05, 3.63) is 143 Å². The lowest BCUT2D eigenvalue weighted by Crippen LogP contribution is -2.54. The van der Waals surface area contributed by atoms with Crippen LogP contribution >= 0.6 is 0 Å². The zero-order chi connectivity index (χ0) is 27.9. The van der Waals surface area contributed by atoms with Crippen molar-refractivity contribution in [2.24, 2.45) is 16.8 Å². The number of imide groups is 1. The van der Waals surface area contributed by atoms with E-state index in [1.165, 1.54) is 10.5 Å². The molecule has 0 saturated carbocycles. The van der Waals surface area contributed by atoms with Gasteiger partial charge >= 0.3 is 0 Å². The number of rotatable bonds is 3. The summed E-state index contributed by atoms with van der Waals surface area (Å²) in [5, 5.41) is 1.90. The number of aryl methyl sites for hydroxylation is 2. The monoisotopic (exact) mass is 532 g/mol. The van der Waals surface area contributed by atoms with Crippen LogP contribution in [-0.4, -0.2) is 18.0 Å². The number of nitrogens with zero attached hydrogens (tertiary/aromatic N) is 2. The fourth-order valence-electron chi connectivity index (χ4n) is 7.81. The number of carbonyl (C=O) groups is 2. The van der Waals surface area contributed by atoms with Gasteiger partial charge in [0.2, 0.25) is 11.8 Å². The van der Waals surface area contributed by atoms with Crippen molar-refractivity contribution in [2.45, 2.75) is 25.2 Å². The van der Waals surface area contributed by atoms with E-state index < -0.39 is 17.3 Å². The predicted octanol–water partition coefficient (Wildman–Crippen LogP) is 7.41. The summed E-state index contributed by atoms with van der Waals surface area (Å²) < 4.78 is 0. The van der Waals surface area contributed by atoms with E-state index in [-0.39, 0.29) is 17.7 Å². The van der Waals surface area contributed by atoms with Crippen molar-refractivity contribution >= 4 is 40.2 Å². The summed E-state index contributed by atoms with van der Waals surface area (Å²) in [6, 6.07) is 36.7. The van der Waals surface area contributed by atoms with Crippen molar-refractivity contribution in [2.75, 3.05) is 4.90 Å². The van der Waals surface area contributed by atoms with Crippen LogP contribution in [-0.2, 0) is 15.0 Å². The zero-order valence-electron chi connectivity index (χ0n) is 22.9. The molecule has 198 valence electrons. The molecule has 3 aliphatic carbocycles. The van der Waals surface area contributed by atoms with Gasteiger partial charge in [-0.15, -0.1) is 0 Å². The third-order valence-corrected chi connectivity index (χ3v) is 9.45. The second-order valence-electron chi connectivity index (χ2n) is 11.6. The van der Waals surface area contributed by atoms with Crippen molar-refractivity contribution < 1.29 is 9.59 Å². The van der Waals surface area contributed by atoms with E-state index in [1.54, 1.807) is 0 Å². The van der Waals surface area contributed by atoms with Gasteiger partial charge in [-0.1, -0.05) is 103 Å². The Bertz CT molecular complexity index is 1900. The molecule has 1 heterocycles. The Kier molecular flexibility index (Phi) is 5.03. The fraction of sp³-hybridized carbons (Fsp3) is 0.162. The first-order valence-corrected chi connectivity index (χ1v) is 14.2. The summed E-state index contributed by atoms with van der Waals surface area (Å²) >= 11 is 0. The van der Waals surface area contributed by atoms with Crippen LogP contribution in [0.5, 0.6) is 0 Å². The third-order valence-electron chi connectivity index (χ3n) is 9.45. The van der Waals surface area contributed by atoms with Gasteiger partial charge in [0.1, 0.15) is 0 Å². The number of hydrogen-bond donors (Lipinski definition) is 0. The van der Waals surface area contributed by atoms with Gasteiger partial charge in [0, 0.05) is 17.5 Å². The SMILES string of the molecule is Cc1ccc(N=CC23c4ccccc4C(c4ccccc42)[C@@H]2C(=O)N(c4cccc5ccccc45)C(=O)[C@@H]23)c(C)c1. The topological polar surface area (TPSA) is 49.7 Å². The first kappa shape index (κ1) is 24.0. The van der Waals surface area contributed by atoms with Crippen LogP contribution in [0.25, 0.3) is 10.8 Å². The minimum atomic E-state index is -0.879. The van der Waals surface area contributed by atoms with Crippen LogP contribution in [0.4, 0.5) is 11.4 Å². The van der Waals surface area contributed by atoms with Crippen LogP contribution in [0.2, 0.25) is 0 Å². The molecule has 2 bridgehead atoms. The number of anilines is 1. The summed E-state index contributed by atoms with van der Waals surface area (Å²) in [6.45, 7) is 4.13. The number of carbonyl (C=O) groups excluding carboxylic acids is 2. The highest BCUT2D eigenvalue weighted by Gasteiger charge is 2.68. The van der Waals surface area contributed by atoms with Crippen molar-refractivity contribution in [3.8, 4) is 0 Å². The maximum absolute atomic E-state index is 14.8. The van der Waals surface area contributed by atoms with Gasteiger partial charge in [0.15, 0.2) is 0 Å². The normalized spacial score (nSPS) is 24.1. The van der Waals surface area contributed by atoms with E-state index in [4.69, 9.17) is 4.99 Å². The lowest BCUT2D eigenvalue weighted by atomic mass is 9.47. The first-order valence-electron chi connectivity index (χ1n) is 14.2. The third kappa shape index (κ3) is 3.13. The number of hydrogen-bond acceptors (Lipinski definition) is 3. The summed E-state index contributed by atoms with van der Waals surface area (Å²) in [5.41, 5.74) is 7.26. The van der Waals surface area contributed by atoms with Crippen molar-refractivity contribution in [3.63, 3.8) is 0 Å². The van der Waals surface area contributed by atoms with Crippen LogP contribution < -0.4 is 4.90 Å². The van der Waals surface area contributed by atoms with Gasteiger partial charge in [-0.05, 0) is 59.2 Å². The Hall–Kier alpha value is -4.83. The Balaban J connectivity index is 1.40. The van der Waals surface area contributed by atoms with E-state index in [9.17, 15) is 9.59 Å². The van der Waals surface area contributed by atoms with E-state index in [2.05, 4.69) is 50.2 Å². The zero-order valence-corrected chi connectivity index (χ0v) is 22.9. The van der Waals surface area contributed by atoms with Gasteiger partial charge < -0.3 is 0 Å². The molecule has 4 nitrogen and oxygen atoms in total. The molecule has 0 aromatic heterocycles. The Morgan fingerprint density at radius 2 is 1.39 bits per heavy atom. The predicted molar refractivity (Wildman–Crippen MR) is 163 cm³/mol. The molecular weight excluding hydrogens is 504 g/mol. The van der Waals surface area contributed by atoms with Gasteiger partial charge in [-0.3, -0.25) is 14.6 Å². The maximum Gasteiger partial charge on any atom is 0.239 e. The molecule has 0 radical (unpaired) electrons. The highest BCUT2D eigenvalue weighted by atomic mass is 16.2. The van der Waals surface area contributed by atoms with Crippen LogP contribution in [0, 0.1) is 25.7 Å². The lowest BCUT2D eigenvalue weighted by molar-refractivity contribution is -0.122. The molecule has 5 aromatic carbocycles. The maximum atomic E-state index is 14.8. The molecular formula is C37H28N2O2. The molecule has 2 amide bonds. The minimum absolute atomic E-state index is 0.130. The number of amides is 2. The van der Waals surface area contributed by atoms with E-state index in [0.29, 0.717) is 5.69 Å². The molecule has 4 heteroatoms. The largest absolute Gasteiger partial charge is 0.274 e. The Morgan fingerprint density at radius 1 is 0.732 bits per heavy atom. The lowest BCUT2D eigenvalue weighted by Gasteiger charge is -2.52. The minimum Gasteiger partial charge on any atom is -0.274 e. The molecule has 9 rings (SSSR count). The molecule has 2 atom stereocenters. The average Bonchev–Trinajstić information content (AvgIpc) is 3.27. The van der Waals surface area contributed by atoms with Gasteiger partial charge in [0.05, 0.1) is 28.6 Å². The van der Waals surface area contributed by atoms with Crippen molar-refractivity contribution in [1.82, 2.24) is 0 Å². The number of benzene rings is 5. The molecule has 0 N–H and O–H groups in total. The number of aliphatic imine (C=N–C) groups is 1. The Morgan fingerprint density at radius 3 is 2.12 bits per heavy atom. The highest BCUT2D eigenvalue weighted by molar-refractivity contribution is 6.27. The smallest absolute Gasteiger partial charge is 0.239 e. The van der Waals surface area contributed by atoms with E-state index in [0.717, 1.165) is 44.3 Å².